The second-order valence-corrected chi connectivity index (χ2v) is 10.3. The van der Waals surface area contributed by atoms with Crippen LogP contribution in [0.25, 0.3) is 22.1 Å². The number of para-hydroxylation sites is 1. The third kappa shape index (κ3) is 3.78. The van der Waals surface area contributed by atoms with E-state index in [1.54, 1.807) is 6.07 Å². The van der Waals surface area contributed by atoms with Gasteiger partial charge in [0.2, 0.25) is 0 Å². The molecular weight excluding hydrogens is 564 g/mol. The summed E-state index contributed by atoms with van der Waals surface area (Å²) in [4.78, 5) is 15.3. The standard InChI is InChI=1S/C26H16Br2N2O2S/c27-23-22(13-16(14-29)26(31)32)33-25(24(23)28)15-9-11-17(12-10-15)30-20-7-3-1-5-18(20)19-6-2-4-8-21(19)30/h1-7,9-13,21H,8H2,(H,31,32)/b16-13+. The highest BCUT2D eigenvalue weighted by molar-refractivity contribution is 9.13. The molecule has 2 heterocycles. The first kappa shape index (κ1) is 21.9. The minimum atomic E-state index is -1.24. The topological polar surface area (TPSA) is 64.3 Å². The predicted molar refractivity (Wildman–Crippen MR) is 140 cm³/mol. The average Bonchev–Trinajstić information content (AvgIpc) is 3.32. The molecular formula is C26H16Br2N2O2S. The number of allylic oxidation sites excluding steroid dienone is 2. The van der Waals surface area contributed by atoms with Crippen molar-refractivity contribution < 1.29 is 9.90 Å². The first-order valence-corrected chi connectivity index (χ1v) is 12.6. The number of halogens is 2. The van der Waals surface area contributed by atoms with Gasteiger partial charge in [-0.2, -0.15) is 5.26 Å². The molecule has 1 unspecified atom stereocenters. The van der Waals surface area contributed by atoms with Gasteiger partial charge in [-0.3, -0.25) is 0 Å². The van der Waals surface area contributed by atoms with Gasteiger partial charge in [-0.1, -0.05) is 48.6 Å². The lowest BCUT2D eigenvalue weighted by molar-refractivity contribution is -0.132. The summed E-state index contributed by atoms with van der Waals surface area (Å²) in [6, 6.07) is 19.0. The van der Waals surface area contributed by atoms with Crippen molar-refractivity contribution in [3.63, 3.8) is 0 Å². The first-order chi connectivity index (χ1) is 16.0. The average molecular weight is 580 g/mol. The fourth-order valence-corrected chi connectivity index (χ4v) is 6.82. The summed E-state index contributed by atoms with van der Waals surface area (Å²) in [5, 5.41) is 18.3. The zero-order valence-electron chi connectivity index (χ0n) is 17.1. The minimum absolute atomic E-state index is 0.290. The van der Waals surface area contributed by atoms with Crippen LogP contribution in [0.2, 0.25) is 0 Å². The summed E-state index contributed by atoms with van der Waals surface area (Å²) in [6.45, 7) is 0. The van der Waals surface area contributed by atoms with E-state index in [0.29, 0.717) is 4.88 Å². The highest BCUT2D eigenvalue weighted by Crippen LogP contribution is 2.48. The van der Waals surface area contributed by atoms with Crippen molar-refractivity contribution in [3.05, 3.63) is 91.7 Å². The summed E-state index contributed by atoms with van der Waals surface area (Å²) in [7, 11) is 0. The largest absolute Gasteiger partial charge is 0.477 e. The lowest BCUT2D eigenvalue weighted by Gasteiger charge is -2.28. The van der Waals surface area contributed by atoms with Crippen LogP contribution in [0.1, 0.15) is 16.9 Å². The number of rotatable bonds is 4. The van der Waals surface area contributed by atoms with Crippen molar-refractivity contribution in [3.8, 4) is 16.5 Å². The number of fused-ring (bicyclic) bond motifs is 3. The molecule has 0 radical (unpaired) electrons. The Hall–Kier alpha value is -2.92. The van der Waals surface area contributed by atoms with Crippen LogP contribution in [0, 0.1) is 11.3 Å². The molecule has 0 amide bonds. The van der Waals surface area contributed by atoms with E-state index in [-0.39, 0.29) is 11.6 Å². The lowest BCUT2D eigenvalue weighted by Crippen LogP contribution is -2.26. The highest BCUT2D eigenvalue weighted by atomic mass is 79.9. The molecule has 7 heteroatoms. The monoisotopic (exact) mass is 578 g/mol. The zero-order valence-corrected chi connectivity index (χ0v) is 21.1. The molecule has 0 bridgehead atoms. The molecule has 2 aliphatic rings. The van der Waals surface area contributed by atoms with E-state index >= 15 is 0 Å². The number of hydrogen-bond acceptors (Lipinski definition) is 4. The van der Waals surface area contributed by atoms with Gasteiger partial charge in [-0.15, -0.1) is 11.3 Å². The molecule has 4 nitrogen and oxygen atoms in total. The number of aliphatic carboxylic acids is 1. The number of anilines is 2. The second-order valence-electron chi connectivity index (χ2n) is 7.63. The van der Waals surface area contributed by atoms with E-state index < -0.39 is 5.97 Å². The van der Waals surface area contributed by atoms with Gasteiger partial charge in [-0.05, 0) is 73.7 Å². The quantitative estimate of drug-likeness (QED) is 0.253. The van der Waals surface area contributed by atoms with Crippen molar-refractivity contribution in [1.82, 2.24) is 0 Å². The Bertz CT molecular complexity index is 1410. The van der Waals surface area contributed by atoms with Gasteiger partial charge in [0.15, 0.2) is 0 Å². The van der Waals surface area contributed by atoms with Gasteiger partial charge in [0, 0.05) is 21.8 Å². The number of thiophene rings is 1. The van der Waals surface area contributed by atoms with Crippen LogP contribution in [0.4, 0.5) is 11.4 Å². The Morgan fingerprint density at radius 2 is 1.91 bits per heavy atom. The third-order valence-corrected chi connectivity index (χ3v) is 9.63. The Morgan fingerprint density at radius 3 is 2.64 bits per heavy atom. The Morgan fingerprint density at radius 1 is 1.15 bits per heavy atom. The molecule has 1 N–H and O–H groups in total. The highest BCUT2D eigenvalue weighted by Gasteiger charge is 2.34. The van der Waals surface area contributed by atoms with E-state index in [1.165, 1.54) is 34.2 Å². The molecule has 3 aromatic rings. The molecule has 1 aliphatic heterocycles. The molecule has 1 aliphatic carbocycles. The lowest BCUT2D eigenvalue weighted by atomic mass is 9.96. The van der Waals surface area contributed by atoms with Gasteiger partial charge in [0.1, 0.15) is 11.6 Å². The van der Waals surface area contributed by atoms with Gasteiger partial charge < -0.3 is 10.0 Å². The molecule has 1 atom stereocenters. The van der Waals surface area contributed by atoms with E-state index in [9.17, 15) is 9.90 Å². The summed E-state index contributed by atoms with van der Waals surface area (Å²) in [6.07, 6.45) is 8.92. The molecule has 162 valence electrons. The number of carboxylic acid groups (broad SMARTS) is 1. The summed E-state index contributed by atoms with van der Waals surface area (Å²) >= 11 is 8.57. The number of nitriles is 1. The van der Waals surface area contributed by atoms with Crippen LogP contribution in [0.15, 0.2) is 81.3 Å². The van der Waals surface area contributed by atoms with Gasteiger partial charge in [0.05, 0.1) is 19.9 Å². The van der Waals surface area contributed by atoms with Crippen LogP contribution < -0.4 is 4.90 Å². The number of hydrogen-bond donors (Lipinski definition) is 1. The Kier molecular flexibility index (Phi) is 5.83. The number of benzene rings is 2. The van der Waals surface area contributed by atoms with Crippen molar-refractivity contribution in [2.75, 3.05) is 4.90 Å². The predicted octanol–water partition coefficient (Wildman–Crippen LogP) is 7.80. The van der Waals surface area contributed by atoms with E-state index in [2.05, 4.69) is 104 Å². The molecule has 5 rings (SSSR count). The van der Waals surface area contributed by atoms with Crippen molar-refractivity contribution in [2.24, 2.45) is 0 Å². The Balaban J connectivity index is 1.51. The van der Waals surface area contributed by atoms with Crippen molar-refractivity contribution in [1.29, 1.82) is 5.26 Å². The maximum atomic E-state index is 11.2. The molecule has 2 aromatic carbocycles. The van der Waals surface area contributed by atoms with Crippen LogP contribution >= 0.6 is 43.2 Å². The summed E-state index contributed by atoms with van der Waals surface area (Å²) < 4.78 is 1.57. The second kappa shape index (κ2) is 8.79. The molecule has 33 heavy (non-hydrogen) atoms. The van der Waals surface area contributed by atoms with Gasteiger partial charge >= 0.3 is 5.97 Å². The van der Waals surface area contributed by atoms with E-state index in [1.807, 2.05) is 0 Å². The zero-order chi connectivity index (χ0) is 23.1. The fraction of sp³-hybridized carbons (Fsp3) is 0.0769. The fourth-order valence-electron chi connectivity index (χ4n) is 4.28. The minimum Gasteiger partial charge on any atom is -0.477 e. The normalized spacial score (nSPS) is 16.8. The number of carbonyl (C=O) groups is 1. The number of nitrogens with zero attached hydrogens (tertiary/aromatic N) is 2. The molecule has 0 saturated heterocycles. The van der Waals surface area contributed by atoms with E-state index in [0.717, 1.165) is 31.5 Å². The molecule has 0 spiro atoms. The molecule has 1 aromatic heterocycles. The van der Waals surface area contributed by atoms with E-state index in [4.69, 9.17) is 5.26 Å². The number of carboxylic acids is 1. The Labute approximate surface area is 212 Å². The van der Waals surface area contributed by atoms with Crippen LogP contribution in [-0.4, -0.2) is 17.1 Å². The SMILES string of the molecule is N#C/C(=C\c1sc(-c2ccc(N3c4ccccc4C4=CC=CCC43)cc2)c(Br)c1Br)C(=O)O. The van der Waals surface area contributed by atoms with Crippen LogP contribution in [0.5, 0.6) is 0 Å². The van der Waals surface area contributed by atoms with Crippen molar-refractivity contribution in [2.45, 2.75) is 12.5 Å². The first-order valence-electron chi connectivity index (χ1n) is 10.2. The summed E-state index contributed by atoms with van der Waals surface area (Å²) in [5.41, 5.74) is 5.69. The molecule has 0 fully saturated rings. The van der Waals surface area contributed by atoms with Gasteiger partial charge in [0.25, 0.3) is 0 Å². The maximum Gasteiger partial charge on any atom is 0.346 e. The van der Waals surface area contributed by atoms with Crippen molar-refractivity contribution >= 4 is 72.2 Å². The van der Waals surface area contributed by atoms with Gasteiger partial charge in [-0.25, -0.2) is 4.79 Å². The third-order valence-electron chi connectivity index (χ3n) is 5.77. The van der Waals surface area contributed by atoms with Crippen LogP contribution in [0.3, 0.4) is 0 Å². The summed E-state index contributed by atoms with van der Waals surface area (Å²) in [5.74, 6) is -1.24. The molecule has 0 saturated carbocycles. The van der Waals surface area contributed by atoms with Crippen LogP contribution in [-0.2, 0) is 4.79 Å². The smallest absolute Gasteiger partial charge is 0.346 e. The maximum absolute atomic E-state index is 11.2.